The summed E-state index contributed by atoms with van der Waals surface area (Å²) in [6.45, 7) is 2.73. The lowest BCUT2D eigenvalue weighted by Gasteiger charge is -2.28. The molecule has 0 bridgehead atoms. The number of amides is 1. The SMILES string of the molecule is O=C(CS(=O)(=O)Cc1cc(N2CCOCC2)nc(-c2ccc3[nH]ccc3c2)n1)NCc1ccccc1. The van der Waals surface area contributed by atoms with Crippen molar-refractivity contribution in [1.29, 1.82) is 0 Å². The van der Waals surface area contributed by atoms with Gasteiger partial charge in [-0.25, -0.2) is 18.4 Å². The fraction of sp³-hybridized carbons (Fsp3) is 0.269. The first-order valence-corrected chi connectivity index (χ1v) is 13.6. The summed E-state index contributed by atoms with van der Waals surface area (Å²) >= 11 is 0. The summed E-state index contributed by atoms with van der Waals surface area (Å²) < 4.78 is 31.3. The highest BCUT2D eigenvalue weighted by molar-refractivity contribution is 7.91. The molecule has 9 nitrogen and oxygen atoms in total. The van der Waals surface area contributed by atoms with E-state index >= 15 is 0 Å². The third kappa shape index (κ3) is 5.89. The van der Waals surface area contributed by atoms with Gasteiger partial charge in [0.1, 0.15) is 11.6 Å². The summed E-state index contributed by atoms with van der Waals surface area (Å²) in [5, 5.41) is 3.69. The highest BCUT2D eigenvalue weighted by Crippen LogP contribution is 2.25. The Labute approximate surface area is 209 Å². The smallest absolute Gasteiger partial charge is 0.235 e. The molecule has 4 aromatic rings. The van der Waals surface area contributed by atoms with Crippen molar-refractivity contribution < 1.29 is 17.9 Å². The van der Waals surface area contributed by atoms with Crippen LogP contribution in [0.25, 0.3) is 22.3 Å². The number of fused-ring (bicyclic) bond motifs is 1. The number of rotatable bonds is 8. The molecule has 2 N–H and O–H groups in total. The molecule has 0 radical (unpaired) electrons. The lowest BCUT2D eigenvalue weighted by molar-refractivity contribution is -0.118. The predicted octanol–water partition coefficient (Wildman–Crippen LogP) is 2.69. The number of nitrogens with one attached hydrogen (secondary N) is 2. The first kappa shape index (κ1) is 24.0. The second-order valence-corrected chi connectivity index (χ2v) is 10.8. The summed E-state index contributed by atoms with van der Waals surface area (Å²) in [5.41, 5.74) is 3.04. The van der Waals surface area contributed by atoms with Gasteiger partial charge in [-0.2, -0.15) is 0 Å². The summed E-state index contributed by atoms with van der Waals surface area (Å²) in [5.74, 6) is -0.414. The highest BCUT2D eigenvalue weighted by atomic mass is 32.2. The Morgan fingerprint density at radius 3 is 2.64 bits per heavy atom. The summed E-state index contributed by atoms with van der Waals surface area (Å²) in [6, 6.07) is 18.8. The standard InChI is InChI=1S/C26H27N5O4S/c32-25(28-16-19-4-2-1-3-5-19)18-36(33,34)17-22-15-24(31-10-12-35-13-11-31)30-26(29-22)21-6-7-23-20(14-21)8-9-27-23/h1-9,14-15,27H,10-13,16-18H2,(H,28,32). The normalized spacial score (nSPS) is 14.2. The van der Waals surface area contributed by atoms with Crippen molar-refractivity contribution in [2.75, 3.05) is 37.0 Å². The number of aromatic nitrogens is 3. The second-order valence-electron chi connectivity index (χ2n) is 8.71. The molecule has 1 aliphatic rings. The van der Waals surface area contributed by atoms with Crippen LogP contribution in [-0.2, 0) is 31.7 Å². The van der Waals surface area contributed by atoms with E-state index in [0.29, 0.717) is 43.6 Å². The number of sulfone groups is 1. The van der Waals surface area contributed by atoms with E-state index in [1.807, 2.05) is 60.8 Å². The second kappa shape index (κ2) is 10.5. The molecule has 186 valence electrons. The van der Waals surface area contributed by atoms with Crippen LogP contribution in [0.4, 0.5) is 5.82 Å². The van der Waals surface area contributed by atoms with Crippen molar-refractivity contribution in [1.82, 2.24) is 20.3 Å². The number of carbonyl (C=O) groups excluding carboxylic acids is 1. The van der Waals surface area contributed by atoms with E-state index in [2.05, 4.69) is 20.2 Å². The number of benzene rings is 2. The monoisotopic (exact) mass is 505 g/mol. The number of anilines is 1. The minimum absolute atomic E-state index is 0.273. The zero-order valence-corrected chi connectivity index (χ0v) is 20.5. The summed E-state index contributed by atoms with van der Waals surface area (Å²) in [6.07, 6.45) is 1.86. The maximum Gasteiger partial charge on any atom is 0.235 e. The number of hydrogen-bond acceptors (Lipinski definition) is 7. The van der Waals surface area contributed by atoms with Crippen LogP contribution in [0.15, 0.2) is 66.9 Å². The van der Waals surface area contributed by atoms with Crippen molar-refractivity contribution in [2.45, 2.75) is 12.3 Å². The lowest BCUT2D eigenvalue weighted by atomic mass is 10.1. The molecule has 2 aromatic heterocycles. The van der Waals surface area contributed by atoms with Crippen LogP contribution in [0, 0.1) is 0 Å². The molecule has 1 fully saturated rings. The topological polar surface area (TPSA) is 117 Å². The first-order chi connectivity index (χ1) is 17.4. The molecule has 1 amide bonds. The zero-order chi connectivity index (χ0) is 25.0. The largest absolute Gasteiger partial charge is 0.378 e. The number of hydrogen-bond donors (Lipinski definition) is 2. The van der Waals surface area contributed by atoms with Gasteiger partial charge in [0.25, 0.3) is 0 Å². The fourth-order valence-corrected chi connectivity index (χ4v) is 5.36. The Balaban J connectivity index is 1.37. The molecule has 0 saturated carbocycles. The van der Waals surface area contributed by atoms with Crippen molar-refractivity contribution >= 4 is 32.5 Å². The van der Waals surface area contributed by atoms with Crippen molar-refractivity contribution in [3.63, 3.8) is 0 Å². The van der Waals surface area contributed by atoms with Crippen LogP contribution in [0.1, 0.15) is 11.3 Å². The van der Waals surface area contributed by atoms with E-state index in [4.69, 9.17) is 9.72 Å². The van der Waals surface area contributed by atoms with Gasteiger partial charge in [0.05, 0.1) is 24.7 Å². The summed E-state index contributed by atoms with van der Waals surface area (Å²) in [4.78, 5) is 26.9. The molecule has 3 heterocycles. The predicted molar refractivity (Wildman–Crippen MR) is 138 cm³/mol. The van der Waals surface area contributed by atoms with Crippen LogP contribution in [-0.4, -0.2) is 61.3 Å². The number of morpholine rings is 1. The van der Waals surface area contributed by atoms with Gasteiger partial charge >= 0.3 is 0 Å². The molecule has 0 unspecified atom stereocenters. The van der Waals surface area contributed by atoms with E-state index in [-0.39, 0.29) is 12.3 Å². The first-order valence-electron chi connectivity index (χ1n) is 11.7. The molecule has 1 aliphatic heterocycles. The van der Waals surface area contributed by atoms with Crippen LogP contribution in [0.5, 0.6) is 0 Å². The maximum atomic E-state index is 12.9. The molecule has 0 atom stereocenters. The van der Waals surface area contributed by atoms with E-state index < -0.39 is 21.5 Å². The average Bonchev–Trinajstić information content (AvgIpc) is 3.36. The summed E-state index contributed by atoms with van der Waals surface area (Å²) in [7, 11) is -3.76. The zero-order valence-electron chi connectivity index (χ0n) is 19.7. The number of aromatic amines is 1. The minimum Gasteiger partial charge on any atom is -0.378 e. The minimum atomic E-state index is -3.76. The molecule has 0 aliphatic carbocycles. The van der Waals surface area contributed by atoms with Crippen molar-refractivity contribution in [2.24, 2.45) is 0 Å². The number of H-pyrrole nitrogens is 1. The van der Waals surface area contributed by atoms with Gasteiger partial charge in [-0.1, -0.05) is 30.3 Å². The molecule has 1 saturated heterocycles. The average molecular weight is 506 g/mol. The van der Waals surface area contributed by atoms with Gasteiger partial charge in [0, 0.05) is 48.4 Å². The molecule has 10 heteroatoms. The van der Waals surface area contributed by atoms with Gasteiger partial charge in [0.15, 0.2) is 15.7 Å². The number of nitrogens with zero attached hydrogens (tertiary/aromatic N) is 3. The fourth-order valence-electron chi connectivity index (χ4n) is 4.16. The van der Waals surface area contributed by atoms with Crippen LogP contribution in [0.2, 0.25) is 0 Å². The van der Waals surface area contributed by atoms with Crippen LogP contribution >= 0.6 is 0 Å². The molecule has 0 spiro atoms. The molecular formula is C26H27N5O4S. The van der Waals surface area contributed by atoms with Crippen molar-refractivity contribution in [3.8, 4) is 11.4 Å². The Bertz CT molecular complexity index is 1460. The Morgan fingerprint density at radius 1 is 1.03 bits per heavy atom. The Kier molecular flexibility index (Phi) is 6.97. The molecule has 5 rings (SSSR count). The Morgan fingerprint density at radius 2 is 1.83 bits per heavy atom. The number of carbonyl (C=O) groups is 1. The maximum absolute atomic E-state index is 12.9. The van der Waals surface area contributed by atoms with Gasteiger partial charge in [-0.05, 0) is 29.8 Å². The number of ether oxygens (including phenoxy) is 1. The van der Waals surface area contributed by atoms with E-state index in [9.17, 15) is 13.2 Å². The molecular weight excluding hydrogens is 478 g/mol. The third-order valence-corrected chi connectivity index (χ3v) is 7.40. The Hall–Kier alpha value is -3.76. The third-order valence-electron chi connectivity index (χ3n) is 5.96. The highest BCUT2D eigenvalue weighted by Gasteiger charge is 2.22. The van der Waals surface area contributed by atoms with E-state index in [1.54, 1.807) is 6.07 Å². The van der Waals surface area contributed by atoms with Gasteiger partial charge in [0.2, 0.25) is 5.91 Å². The quantitative estimate of drug-likeness (QED) is 0.378. The van der Waals surface area contributed by atoms with Gasteiger partial charge in [-0.15, -0.1) is 0 Å². The molecule has 36 heavy (non-hydrogen) atoms. The lowest BCUT2D eigenvalue weighted by Crippen LogP contribution is -2.37. The van der Waals surface area contributed by atoms with Crippen LogP contribution < -0.4 is 10.2 Å². The van der Waals surface area contributed by atoms with Crippen LogP contribution in [0.3, 0.4) is 0 Å². The van der Waals surface area contributed by atoms with E-state index in [1.165, 1.54) is 0 Å². The molecule has 2 aromatic carbocycles. The van der Waals surface area contributed by atoms with Gasteiger partial charge in [-0.3, -0.25) is 4.79 Å². The van der Waals surface area contributed by atoms with Crippen molar-refractivity contribution in [3.05, 3.63) is 78.1 Å². The van der Waals surface area contributed by atoms with Gasteiger partial charge < -0.3 is 19.9 Å². The van der Waals surface area contributed by atoms with E-state index in [0.717, 1.165) is 22.0 Å².